The smallest absolute Gasteiger partial charge is 0.189 e. The zero-order chi connectivity index (χ0) is 13.3. The lowest BCUT2D eigenvalue weighted by Gasteiger charge is -2.39. The minimum absolute atomic E-state index is 0.0747. The molecule has 0 N–H and O–H groups in total. The normalized spacial score (nSPS) is 24.8. The van der Waals surface area contributed by atoms with Crippen molar-refractivity contribution in [3.8, 4) is 0 Å². The molecule has 1 aliphatic heterocycles. The maximum absolute atomic E-state index is 11.4. The van der Waals surface area contributed by atoms with E-state index in [0.29, 0.717) is 0 Å². The predicted molar refractivity (Wildman–Crippen MR) is 83.7 cm³/mol. The molecule has 1 atom stereocenters. The summed E-state index contributed by atoms with van der Waals surface area (Å²) in [5, 5.41) is 0.0747. The zero-order valence-electron chi connectivity index (χ0n) is 11.9. The van der Waals surface area contributed by atoms with Gasteiger partial charge in [0.25, 0.3) is 0 Å². The number of hydrogen-bond donors (Lipinski definition) is 1. The van der Waals surface area contributed by atoms with E-state index in [0.717, 1.165) is 19.4 Å². The quantitative estimate of drug-likeness (QED) is 0.616. The van der Waals surface area contributed by atoms with Crippen LogP contribution in [0.25, 0.3) is 0 Å². The van der Waals surface area contributed by atoms with Crippen LogP contribution in [0.15, 0.2) is 0 Å². The van der Waals surface area contributed by atoms with E-state index in [1.165, 1.54) is 12.1 Å². The van der Waals surface area contributed by atoms with Crippen molar-refractivity contribution < 1.29 is 4.79 Å². The summed E-state index contributed by atoms with van der Waals surface area (Å²) in [6.45, 7) is 13.2. The van der Waals surface area contributed by atoms with Gasteiger partial charge in [-0.1, -0.05) is 33.1 Å². The third-order valence-corrected chi connectivity index (χ3v) is 15.2. The van der Waals surface area contributed by atoms with Crippen LogP contribution in [0.2, 0.25) is 38.3 Å². The highest BCUT2D eigenvalue weighted by Crippen LogP contribution is 2.37. The number of hydrogen-bond acceptors (Lipinski definition) is 2. The summed E-state index contributed by atoms with van der Waals surface area (Å²) in [5.41, 5.74) is 0. The van der Waals surface area contributed by atoms with Crippen LogP contribution in [-0.2, 0) is 4.79 Å². The van der Waals surface area contributed by atoms with Crippen LogP contribution >= 0.6 is 12.6 Å². The van der Waals surface area contributed by atoms with Crippen LogP contribution in [0.5, 0.6) is 0 Å². The van der Waals surface area contributed by atoms with Gasteiger partial charge in [0.15, 0.2) is 5.12 Å². The second-order valence-corrected chi connectivity index (χ2v) is 16.7. The van der Waals surface area contributed by atoms with Crippen molar-refractivity contribution in [1.82, 2.24) is 4.23 Å². The van der Waals surface area contributed by atoms with Crippen molar-refractivity contribution in [2.75, 3.05) is 6.54 Å². The van der Waals surface area contributed by atoms with Gasteiger partial charge in [-0.3, -0.25) is 4.79 Å². The van der Waals surface area contributed by atoms with Crippen molar-refractivity contribution in [3.05, 3.63) is 0 Å². The van der Waals surface area contributed by atoms with Gasteiger partial charge in [0.2, 0.25) is 0 Å². The molecule has 1 rings (SSSR count). The first kappa shape index (κ1) is 15.5. The molecule has 1 fully saturated rings. The maximum Gasteiger partial charge on any atom is 0.189 e. The first-order valence-electron chi connectivity index (χ1n) is 6.71. The van der Waals surface area contributed by atoms with E-state index >= 15 is 0 Å². The van der Waals surface area contributed by atoms with Gasteiger partial charge in [0.05, 0.1) is 0 Å². The minimum Gasteiger partial charge on any atom is -0.345 e. The maximum atomic E-state index is 11.4. The Balaban J connectivity index is 2.63. The molecule has 0 spiro atoms. The average molecular weight is 290 g/mol. The predicted octanol–water partition coefficient (Wildman–Crippen LogP) is 3.58. The second kappa shape index (κ2) is 5.59. The van der Waals surface area contributed by atoms with E-state index in [4.69, 9.17) is 0 Å². The summed E-state index contributed by atoms with van der Waals surface area (Å²) >= 11 is 4.00. The number of thiol groups is 1. The fourth-order valence-electron chi connectivity index (χ4n) is 3.09. The largest absolute Gasteiger partial charge is 0.345 e. The SMILES string of the molecule is CCC(CCN1[Si](C)(C)CC[Si]1(C)C)C(=O)S. The van der Waals surface area contributed by atoms with E-state index in [1.54, 1.807) is 0 Å². The van der Waals surface area contributed by atoms with Crippen LogP contribution in [0.3, 0.4) is 0 Å². The Morgan fingerprint density at radius 1 is 1.24 bits per heavy atom. The van der Waals surface area contributed by atoms with Crippen molar-refractivity contribution >= 4 is 34.2 Å². The van der Waals surface area contributed by atoms with Gasteiger partial charge in [-0.25, -0.2) is 0 Å². The average Bonchev–Trinajstić information content (AvgIpc) is 2.40. The summed E-state index contributed by atoms with van der Waals surface area (Å²) < 4.78 is 2.85. The molecular formula is C12H27NOSSi2. The molecule has 0 aromatic rings. The van der Waals surface area contributed by atoms with Gasteiger partial charge in [-0.05, 0) is 31.5 Å². The van der Waals surface area contributed by atoms with E-state index in [1.807, 2.05) is 0 Å². The Morgan fingerprint density at radius 2 is 1.71 bits per heavy atom. The fraction of sp³-hybridized carbons (Fsp3) is 0.917. The third kappa shape index (κ3) is 3.69. The van der Waals surface area contributed by atoms with Crippen molar-refractivity contribution in [1.29, 1.82) is 0 Å². The lowest BCUT2D eigenvalue weighted by atomic mass is 10.1. The minimum atomic E-state index is -1.16. The Hall–Kier alpha value is 0.414. The molecule has 0 bridgehead atoms. The van der Waals surface area contributed by atoms with Gasteiger partial charge >= 0.3 is 0 Å². The molecule has 2 nitrogen and oxygen atoms in total. The second-order valence-electron chi connectivity index (χ2n) is 6.51. The fourth-order valence-corrected chi connectivity index (χ4v) is 17.5. The summed E-state index contributed by atoms with van der Waals surface area (Å²) in [7, 11) is -2.32. The monoisotopic (exact) mass is 289 g/mol. The lowest BCUT2D eigenvalue weighted by molar-refractivity contribution is -0.114. The van der Waals surface area contributed by atoms with E-state index < -0.39 is 16.5 Å². The van der Waals surface area contributed by atoms with Crippen LogP contribution in [0, 0.1) is 5.92 Å². The van der Waals surface area contributed by atoms with Gasteiger partial charge in [0.1, 0.15) is 16.5 Å². The highest BCUT2D eigenvalue weighted by Gasteiger charge is 2.46. The molecule has 100 valence electrons. The molecule has 0 aliphatic carbocycles. The number of carbonyl (C=O) groups excluding carboxylic acids is 1. The van der Waals surface area contributed by atoms with E-state index in [2.05, 4.69) is 50.0 Å². The number of nitrogens with zero attached hydrogens (tertiary/aromatic N) is 1. The lowest BCUT2D eigenvalue weighted by Crippen LogP contribution is -2.55. The van der Waals surface area contributed by atoms with Crippen molar-refractivity contribution in [2.45, 2.75) is 58.0 Å². The van der Waals surface area contributed by atoms with Gasteiger partial charge in [-0.2, -0.15) is 0 Å². The topological polar surface area (TPSA) is 20.3 Å². The standard InChI is InChI=1S/C12H27NOSSi2/c1-6-11(12(14)15)7-8-13-16(2,3)9-10-17(13,4)5/h11H,6-10H2,1-5H3,(H,14,15). The Morgan fingerprint density at radius 3 is 2.06 bits per heavy atom. The van der Waals surface area contributed by atoms with Crippen LogP contribution in [0.4, 0.5) is 0 Å². The third-order valence-electron chi connectivity index (χ3n) is 4.35. The molecule has 1 aliphatic rings. The molecule has 17 heavy (non-hydrogen) atoms. The molecule has 1 saturated heterocycles. The Kier molecular flexibility index (Phi) is 5.09. The summed E-state index contributed by atoms with van der Waals surface area (Å²) in [5.74, 6) is 0.161. The first-order chi connectivity index (χ1) is 7.70. The molecule has 0 amide bonds. The summed E-state index contributed by atoms with van der Waals surface area (Å²) in [6, 6.07) is 2.88. The van der Waals surface area contributed by atoms with E-state index in [-0.39, 0.29) is 11.0 Å². The Bertz CT molecular complexity index is 278. The molecule has 0 aromatic heterocycles. The zero-order valence-corrected chi connectivity index (χ0v) is 14.8. The molecule has 0 saturated carbocycles. The summed E-state index contributed by atoms with van der Waals surface area (Å²) in [6.07, 6.45) is 1.94. The molecule has 5 heteroatoms. The van der Waals surface area contributed by atoms with Crippen LogP contribution < -0.4 is 0 Å². The highest BCUT2D eigenvalue weighted by molar-refractivity contribution is 7.96. The number of rotatable bonds is 5. The van der Waals surface area contributed by atoms with Crippen LogP contribution in [0.1, 0.15) is 19.8 Å². The molecular weight excluding hydrogens is 262 g/mol. The molecule has 1 heterocycles. The van der Waals surface area contributed by atoms with Crippen LogP contribution in [-0.4, -0.2) is 32.4 Å². The molecule has 1 unspecified atom stereocenters. The number of carbonyl (C=O) groups is 1. The van der Waals surface area contributed by atoms with Crippen molar-refractivity contribution in [3.63, 3.8) is 0 Å². The Labute approximate surface area is 114 Å². The molecule has 0 aromatic carbocycles. The molecule has 0 radical (unpaired) electrons. The van der Waals surface area contributed by atoms with Gasteiger partial charge in [0, 0.05) is 5.92 Å². The summed E-state index contributed by atoms with van der Waals surface area (Å²) in [4.78, 5) is 11.4. The first-order valence-corrected chi connectivity index (χ1v) is 13.5. The van der Waals surface area contributed by atoms with Crippen molar-refractivity contribution in [2.24, 2.45) is 5.92 Å². The highest BCUT2D eigenvalue weighted by atomic mass is 32.1. The van der Waals surface area contributed by atoms with Gasteiger partial charge < -0.3 is 4.23 Å². The van der Waals surface area contributed by atoms with E-state index in [9.17, 15) is 4.79 Å². The van der Waals surface area contributed by atoms with Gasteiger partial charge in [-0.15, -0.1) is 12.6 Å².